The molecule has 0 aliphatic carbocycles. The lowest BCUT2D eigenvalue weighted by Gasteiger charge is -2.16. The third-order valence-corrected chi connectivity index (χ3v) is 5.44. The summed E-state index contributed by atoms with van der Waals surface area (Å²) in [4.78, 5) is 28.1. The molecule has 0 radical (unpaired) electrons. The molecule has 4 rings (SSSR count). The first-order valence-corrected chi connectivity index (χ1v) is 10.3. The number of rotatable bonds is 6. The fourth-order valence-corrected chi connectivity index (χ4v) is 3.72. The lowest BCUT2D eigenvalue weighted by molar-refractivity contribution is -0.120. The smallest absolute Gasteiger partial charge is 0.282 e. The van der Waals surface area contributed by atoms with Gasteiger partial charge in [-0.05, 0) is 48.0 Å². The summed E-state index contributed by atoms with van der Waals surface area (Å²) in [7, 11) is 3.02. The van der Waals surface area contributed by atoms with E-state index in [1.165, 1.54) is 14.2 Å². The van der Waals surface area contributed by atoms with Gasteiger partial charge < -0.3 is 14.8 Å². The van der Waals surface area contributed by atoms with Gasteiger partial charge >= 0.3 is 0 Å². The molecule has 1 aliphatic heterocycles. The van der Waals surface area contributed by atoms with E-state index in [1.807, 2.05) is 0 Å². The third-order valence-electron chi connectivity index (χ3n) is 4.95. The molecule has 3 aromatic rings. The second-order valence-corrected chi connectivity index (χ2v) is 7.75. The van der Waals surface area contributed by atoms with Crippen molar-refractivity contribution < 1.29 is 19.1 Å². The Morgan fingerprint density at radius 2 is 1.53 bits per heavy atom. The average Bonchev–Trinajstić information content (AvgIpc) is 3.04. The van der Waals surface area contributed by atoms with Crippen molar-refractivity contribution in [1.82, 2.24) is 0 Å². The number of ether oxygens (including phenoxy) is 2. The van der Waals surface area contributed by atoms with Gasteiger partial charge in [0, 0.05) is 16.1 Å². The normalized spacial score (nSPS) is 13.6. The Balaban J connectivity index is 1.85. The molecular weight excluding hydrogens is 451 g/mol. The first kappa shape index (κ1) is 21.7. The molecule has 3 aromatic carbocycles. The summed E-state index contributed by atoms with van der Waals surface area (Å²) >= 11 is 12.2. The van der Waals surface area contributed by atoms with Gasteiger partial charge in [0.25, 0.3) is 11.8 Å². The Kier molecular flexibility index (Phi) is 6.08. The zero-order chi connectivity index (χ0) is 22.8. The van der Waals surface area contributed by atoms with E-state index in [2.05, 4.69) is 5.32 Å². The van der Waals surface area contributed by atoms with E-state index in [-0.39, 0.29) is 11.3 Å². The number of nitrogens with zero attached hydrogens (tertiary/aromatic N) is 1. The van der Waals surface area contributed by atoms with E-state index in [0.29, 0.717) is 38.5 Å². The van der Waals surface area contributed by atoms with E-state index in [0.717, 1.165) is 4.90 Å². The average molecular weight is 469 g/mol. The standard InChI is InChI=1S/C24H18Cl2N2O4/c1-31-18-5-3-4-17(13-18)28-23(29)21(14-6-8-15(25)9-7-14)22(24(28)30)27-19-12-16(26)10-11-20(19)32-2/h3-13,27H,1-2H3. The molecule has 0 atom stereocenters. The number of anilines is 2. The van der Waals surface area contributed by atoms with Gasteiger partial charge in [0.1, 0.15) is 17.2 Å². The van der Waals surface area contributed by atoms with Crippen LogP contribution in [0.5, 0.6) is 11.5 Å². The SMILES string of the molecule is COc1cccc(N2C(=O)C(Nc3cc(Cl)ccc3OC)=C(c3ccc(Cl)cc3)C2=O)c1. The minimum atomic E-state index is -0.518. The maximum Gasteiger partial charge on any atom is 0.282 e. The van der Waals surface area contributed by atoms with Gasteiger partial charge in [-0.15, -0.1) is 0 Å². The number of imide groups is 1. The number of hydrogen-bond acceptors (Lipinski definition) is 5. The van der Waals surface area contributed by atoms with Gasteiger partial charge in [-0.25, -0.2) is 4.90 Å². The lowest BCUT2D eigenvalue weighted by atomic mass is 10.0. The minimum absolute atomic E-state index is 0.0979. The van der Waals surface area contributed by atoms with E-state index in [4.69, 9.17) is 32.7 Å². The second kappa shape index (κ2) is 8.94. The van der Waals surface area contributed by atoms with Crippen LogP contribution >= 0.6 is 23.2 Å². The number of nitrogens with one attached hydrogen (secondary N) is 1. The Morgan fingerprint density at radius 3 is 2.22 bits per heavy atom. The molecule has 0 aromatic heterocycles. The topological polar surface area (TPSA) is 67.9 Å². The Labute approximate surface area is 195 Å². The summed E-state index contributed by atoms with van der Waals surface area (Å²) in [6.07, 6.45) is 0. The van der Waals surface area contributed by atoms with E-state index in [1.54, 1.807) is 66.7 Å². The second-order valence-electron chi connectivity index (χ2n) is 6.87. The van der Waals surface area contributed by atoms with E-state index in [9.17, 15) is 9.59 Å². The highest BCUT2D eigenvalue weighted by Crippen LogP contribution is 2.37. The molecule has 32 heavy (non-hydrogen) atoms. The van der Waals surface area contributed by atoms with Gasteiger partial charge in [-0.3, -0.25) is 9.59 Å². The van der Waals surface area contributed by atoms with Gasteiger partial charge in [0.15, 0.2) is 0 Å². The molecule has 2 amide bonds. The van der Waals surface area contributed by atoms with Crippen LogP contribution in [0.3, 0.4) is 0 Å². The molecule has 6 nitrogen and oxygen atoms in total. The van der Waals surface area contributed by atoms with Crippen molar-refractivity contribution in [2.45, 2.75) is 0 Å². The molecule has 0 saturated carbocycles. The zero-order valence-electron chi connectivity index (χ0n) is 17.2. The number of methoxy groups -OCH3 is 2. The van der Waals surface area contributed by atoms with E-state index >= 15 is 0 Å². The molecule has 162 valence electrons. The fourth-order valence-electron chi connectivity index (χ4n) is 3.43. The number of halogens is 2. The third kappa shape index (κ3) is 4.02. The van der Waals surface area contributed by atoms with Crippen molar-refractivity contribution >= 4 is 52.0 Å². The maximum absolute atomic E-state index is 13.5. The van der Waals surface area contributed by atoms with Crippen LogP contribution in [0.2, 0.25) is 10.0 Å². The largest absolute Gasteiger partial charge is 0.497 e. The lowest BCUT2D eigenvalue weighted by Crippen LogP contribution is -2.32. The number of benzene rings is 3. The summed E-state index contributed by atoms with van der Waals surface area (Å²) in [6, 6.07) is 18.4. The van der Waals surface area contributed by atoms with Crippen LogP contribution in [0.15, 0.2) is 72.4 Å². The summed E-state index contributed by atoms with van der Waals surface area (Å²) in [5, 5.41) is 4.03. The van der Waals surface area contributed by atoms with E-state index < -0.39 is 11.8 Å². The highest BCUT2D eigenvalue weighted by Gasteiger charge is 2.40. The highest BCUT2D eigenvalue weighted by molar-refractivity contribution is 6.46. The summed E-state index contributed by atoms with van der Waals surface area (Å²) < 4.78 is 10.6. The van der Waals surface area contributed by atoms with Gasteiger partial charge in [0.2, 0.25) is 0 Å². The van der Waals surface area contributed by atoms with Crippen molar-refractivity contribution in [3.05, 3.63) is 88.0 Å². The Morgan fingerprint density at radius 1 is 0.812 bits per heavy atom. The molecule has 1 aliphatic rings. The van der Waals surface area contributed by atoms with Crippen LogP contribution in [0.4, 0.5) is 11.4 Å². The van der Waals surface area contributed by atoms with Crippen molar-refractivity contribution in [1.29, 1.82) is 0 Å². The van der Waals surface area contributed by atoms with Gasteiger partial charge in [-0.1, -0.05) is 41.4 Å². The molecular formula is C24H18Cl2N2O4. The maximum atomic E-state index is 13.5. The number of amides is 2. The number of carbonyl (C=O) groups excluding carboxylic acids is 2. The van der Waals surface area contributed by atoms with Crippen LogP contribution in [-0.2, 0) is 9.59 Å². The van der Waals surface area contributed by atoms with Crippen LogP contribution in [-0.4, -0.2) is 26.0 Å². The number of hydrogen-bond donors (Lipinski definition) is 1. The van der Waals surface area contributed by atoms with Crippen LogP contribution in [0.25, 0.3) is 5.57 Å². The molecule has 1 heterocycles. The molecule has 8 heteroatoms. The first-order chi connectivity index (χ1) is 15.4. The van der Waals surface area contributed by atoms with Gasteiger partial charge in [-0.2, -0.15) is 0 Å². The molecule has 0 fully saturated rings. The summed E-state index contributed by atoms with van der Waals surface area (Å²) in [5.41, 5.74) is 1.69. The fraction of sp³-hybridized carbons (Fsp3) is 0.0833. The molecule has 0 saturated heterocycles. The molecule has 0 unspecified atom stereocenters. The van der Waals surface area contributed by atoms with Crippen LogP contribution in [0, 0.1) is 0 Å². The number of carbonyl (C=O) groups is 2. The predicted molar refractivity (Wildman–Crippen MR) is 125 cm³/mol. The molecule has 0 bridgehead atoms. The van der Waals surface area contributed by atoms with Crippen molar-refractivity contribution in [2.75, 3.05) is 24.4 Å². The van der Waals surface area contributed by atoms with Gasteiger partial charge in [0.05, 0.1) is 31.2 Å². The highest BCUT2D eigenvalue weighted by atomic mass is 35.5. The van der Waals surface area contributed by atoms with Crippen molar-refractivity contribution in [2.24, 2.45) is 0 Å². The van der Waals surface area contributed by atoms with Crippen molar-refractivity contribution in [3.63, 3.8) is 0 Å². The summed E-state index contributed by atoms with van der Waals surface area (Å²) in [6.45, 7) is 0. The monoisotopic (exact) mass is 468 g/mol. The van der Waals surface area contributed by atoms with Crippen LogP contribution in [0.1, 0.15) is 5.56 Å². The van der Waals surface area contributed by atoms with Crippen molar-refractivity contribution in [3.8, 4) is 11.5 Å². The summed E-state index contributed by atoms with van der Waals surface area (Å²) in [5.74, 6) is -0.00389. The minimum Gasteiger partial charge on any atom is -0.497 e. The molecule has 1 N–H and O–H groups in total. The Hall–Kier alpha value is -3.48. The van der Waals surface area contributed by atoms with Crippen LogP contribution < -0.4 is 19.7 Å². The Bertz CT molecular complexity index is 1240. The first-order valence-electron chi connectivity index (χ1n) is 9.56. The predicted octanol–water partition coefficient (Wildman–Crippen LogP) is 5.41. The zero-order valence-corrected chi connectivity index (χ0v) is 18.7. The molecule has 0 spiro atoms. The quantitative estimate of drug-likeness (QED) is 0.490.